The monoisotopic (exact) mass is 2260 g/mol. The number of nitrogens with two attached hydrogens (primary N) is 3. The number of hydrogen-bond donors (Lipinski definition) is 8. The molecule has 10 aromatic rings. The number of rotatable bonds is 26. The maximum atomic E-state index is 13.5. The molecule has 0 unspecified atom stereocenters. The number of carbonyl (C=O) groups excluding carboxylic acids is 2. The largest absolute Gasteiger partial charge is 1.00 e. The molecule has 11 N–H and O–H groups in total. The third kappa shape index (κ3) is 52.5. The van der Waals surface area contributed by atoms with Gasteiger partial charge >= 0.3 is 74.8 Å². The number of aliphatic hydroxyl groups is 1. The van der Waals surface area contributed by atoms with E-state index in [1.54, 1.807) is 86.8 Å². The van der Waals surface area contributed by atoms with Gasteiger partial charge in [0.2, 0.25) is 0 Å². The van der Waals surface area contributed by atoms with Crippen LogP contribution in [0.15, 0.2) is 151 Å². The fourth-order valence-electron chi connectivity index (χ4n) is 9.44. The first-order valence-corrected chi connectivity index (χ1v) is 45.5. The first-order chi connectivity index (χ1) is 64.4. The van der Waals surface area contributed by atoms with Crippen molar-refractivity contribution >= 4 is 136 Å². The Morgan fingerprint density at radius 3 is 1.20 bits per heavy atom. The molecule has 0 bridgehead atoms. The first-order valence-electron chi connectivity index (χ1n) is 39.3. The molecule has 143 heavy (non-hydrogen) atoms. The summed E-state index contributed by atoms with van der Waals surface area (Å²) < 4.78 is 305. The summed E-state index contributed by atoms with van der Waals surface area (Å²) in [5, 5.41) is 56.4. The summed E-state index contributed by atoms with van der Waals surface area (Å²) in [4.78, 5) is 29.8. The van der Waals surface area contributed by atoms with E-state index in [4.69, 9.17) is 48.4 Å². The standard InChI is InChI=1S/C16H12F3N5O.C13H18F3NO2S.C13H16F3NO2S.C9H10F3NO.C9H7F3O2.C8H7FO2.C7H3ClN4.C5H10BrF2O3P.C4H11NOS.CH4O.B.2ClH.H3NO.Na.H/c1-9(12-6-11(17)2-3-13(12)25-16(18)19)22-14-4-5-24-15(23-14)10(7-20)8-21-24;2*1-8(17-20(18)13(2,3)4)10-7-9(14)5-6-11(10)19-12(15)16;2*1-5(13)7-4-6(10)2-3-8(7)14-9(11)12;1-5(10)7-4-6(9)2-3-8(7)11;8-6-1-2-12-7(11-6)5(3-9)4-10-12;1-3-10-12(9,11-4-2)5(6,7)8;1-4(2,3)7(5)6;1-2;;;;1-2;;/h2-6,8-9,16H,1H3,(H,22,23);5-8,12,17H,1-4H3;5-7,12H,1-4H3;2-5,9H,13H2,1H3;2-4,9H,1H3;2-4,11H,1H3;1-2,4H;3-4H2,1-2H3;5H2,1-3H3;2H,1H3;;2*1H;2H,1H2;;/q;;;;;;;;;;;;;;+1;-1/t9-;8-,20+;20-;5-;;;;;7-;;;;;;;/m1101....0......./s1. The molecule has 6 aromatic carbocycles. The number of alkyl halides is 13. The number of anilines is 1. The van der Waals surface area contributed by atoms with Crippen molar-refractivity contribution < 1.29 is 185 Å². The van der Waals surface area contributed by atoms with Gasteiger partial charge in [-0.05, 0) is 239 Å². The van der Waals surface area contributed by atoms with Crippen LogP contribution in [0.5, 0.6) is 34.5 Å². The zero-order chi connectivity index (χ0) is 107. The van der Waals surface area contributed by atoms with Gasteiger partial charge in [0.25, 0.3) is 0 Å². The van der Waals surface area contributed by atoms with Gasteiger partial charge in [-0.1, -0.05) is 11.6 Å². The molecule has 0 aliphatic carbocycles. The van der Waals surface area contributed by atoms with Crippen LogP contribution in [0.4, 0.5) is 84.8 Å². The normalized spacial score (nSPS) is 12.2. The Balaban J connectivity index is -0.000000375. The molecule has 0 saturated heterocycles. The first kappa shape index (κ1) is 142. The van der Waals surface area contributed by atoms with Crippen LogP contribution in [-0.4, -0.2) is 155 Å². The van der Waals surface area contributed by atoms with Gasteiger partial charge in [0.05, 0.1) is 84.7 Å². The van der Waals surface area contributed by atoms with E-state index in [2.05, 4.69) is 73.2 Å². The number of phenols is 1. The van der Waals surface area contributed by atoms with Crippen LogP contribution in [-0.2, 0) is 46.6 Å². The van der Waals surface area contributed by atoms with Gasteiger partial charge in [-0.3, -0.25) is 19.3 Å². The minimum Gasteiger partial charge on any atom is -1.00 e. The van der Waals surface area contributed by atoms with Crippen molar-refractivity contribution in [2.45, 2.75) is 188 Å². The van der Waals surface area contributed by atoms with E-state index in [0.717, 1.165) is 123 Å². The summed E-state index contributed by atoms with van der Waals surface area (Å²) in [5.41, 5.74) is 7.74. The molecule has 6 atom stereocenters. The van der Waals surface area contributed by atoms with E-state index in [1.165, 1.54) is 49.1 Å². The van der Waals surface area contributed by atoms with E-state index in [0.29, 0.717) is 33.4 Å². The second-order valence-electron chi connectivity index (χ2n) is 29.6. The number of nitriles is 2. The number of ketones is 2. The van der Waals surface area contributed by atoms with Crippen molar-refractivity contribution in [3.8, 4) is 46.6 Å². The molecule has 0 fully saturated rings. The molecule has 58 heteroatoms. The smallest absolute Gasteiger partial charge is 1.00 e. The van der Waals surface area contributed by atoms with Gasteiger partial charge in [0, 0.05) is 78.2 Å². The summed E-state index contributed by atoms with van der Waals surface area (Å²) in [6, 6.07) is 24.5. The van der Waals surface area contributed by atoms with Crippen LogP contribution < -0.4 is 80.1 Å². The van der Waals surface area contributed by atoms with Gasteiger partial charge in [0.15, 0.2) is 22.9 Å². The molecule has 4 aromatic heterocycles. The van der Waals surface area contributed by atoms with Gasteiger partial charge in [-0.15, -0.1) is 24.8 Å². The number of nitrogens with zero attached hydrogens (tertiary/aromatic N) is 9. The summed E-state index contributed by atoms with van der Waals surface area (Å²) in [6.07, 6.45) is 6.10. The summed E-state index contributed by atoms with van der Waals surface area (Å²) in [6.45, 7) is 12.4. The topological polar surface area (TPSA) is 450 Å². The van der Waals surface area contributed by atoms with Crippen molar-refractivity contribution in [1.82, 2.24) is 33.9 Å². The summed E-state index contributed by atoms with van der Waals surface area (Å²) in [5.74, 6) is -1.51. The SMILES string of the molecule is CC(=N[S@@](=O)C(C)(C)C)c1cc(F)ccc1OC(F)F.CC(=O)c1cc(F)ccc1O.CC(=O)c1cc(F)ccc1OC(F)F.CC(C)(C)[S@@](N)=O.CCOP(=O)(OCC)C(F)(F)Br.CO.C[C@@H](N)c1cc(F)ccc1OC(F)F.C[C@@H](N[S@@](=O)C(C)(C)C)c1cc(F)ccc1OC(F)F.C[C@@H](Nc1ccn2ncc(C#N)c2n1)c1cc(F)ccc1OC(F)F.Cl.Cl.N#Cc1cnn2ccc(Cl)nc12.NO.[B].[H-].[Na+]. The number of nitrogens with one attached hydrogen (secondary N) is 2. The molecule has 0 amide bonds. The third-order valence-corrected chi connectivity index (χ3v) is 23.5. The Morgan fingerprint density at radius 2 is 0.867 bits per heavy atom. The number of halogens is 22. The third-order valence-electron chi connectivity index (χ3n) is 15.8. The summed E-state index contributed by atoms with van der Waals surface area (Å²) in [7, 11) is -7.49. The van der Waals surface area contributed by atoms with E-state index in [9.17, 15) is 106 Å². The number of fused-ring (bicyclic) bond motifs is 2. The van der Waals surface area contributed by atoms with Crippen molar-refractivity contribution in [2.24, 2.45) is 21.2 Å². The molecule has 0 aliphatic heterocycles. The van der Waals surface area contributed by atoms with Crippen LogP contribution in [0, 0.1) is 57.6 Å². The minimum atomic E-state index is -4.32. The molecule has 3 radical (unpaired) electrons. The summed E-state index contributed by atoms with van der Waals surface area (Å²) >= 11 is 7.60. The van der Waals surface area contributed by atoms with E-state index in [1.807, 2.05) is 48.8 Å². The average molecular weight is 2270 g/mol. The Morgan fingerprint density at radius 1 is 0.545 bits per heavy atom. The number of aromatic nitrogens is 6. The zero-order valence-electron chi connectivity index (χ0n) is 80.4. The van der Waals surface area contributed by atoms with Gasteiger partial charge in [-0.25, -0.2) is 68.6 Å². The second-order valence-corrected chi connectivity index (χ2v) is 39.3. The molecule has 791 valence electrons. The average Bonchev–Trinajstić information content (AvgIpc) is 1.47. The van der Waals surface area contributed by atoms with Crippen LogP contribution in [0.1, 0.15) is 191 Å². The molecule has 10 rings (SSSR count). The number of aliphatic hydroxyl groups excluding tert-OH is 1. The number of ether oxygens (including phenoxy) is 5. The predicted molar refractivity (Wildman–Crippen MR) is 510 cm³/mol. The maximum Gasteiger partial charge on any atom is 1.00 e. The van der Waals surface area contributed by atoms with Crippen LogP contribution in [0.3, 0.4) is 0 Å². The van der Waals surface area contributed by atoms with Crippen LogP contribution >= 0.6 is 59.9 Å². The Labute approximate surface area is 870 Å². The number of hydrogen-bond acceptors (Lipinski definition) is 25. The van der Waals surface area contributed by atoms with Gasteiger partial charge in [-0.2, -0.15) is 77.8 Å². The fraction of sp³-hybridized carbons (Fsp3) is 0.376. The molecule has 0 aliphatic rings. The van der Waals surface area contributed by atoms with Gasteiger partial charge in [0.1, 0.15) is 115 Å². The zero-order valence-corrected chi connectivity index (χ0v) is 88.7. The Hall–Kier alpha value is -9.34. The fourth-order valence-corrected chi connectivity index (χ4v) is 12.7. The van der Waals surface area contributed by atoms with Crippen molar-refractivity contribution in [3.63, 3.8) is 0 Å². The number of phenolic OH excluding ortho intramolecular Hbond substituents is 1. The maximum absolute atomic E-state index is 13.5. The molecule has 30 nitrogen and oxygen atoms in total. The van der Waals surface area contributed by atoms with Crippen molar-refractivity contribution in [1.29, 1.82) is 10.5 Å². The molecule has 4 heterocycles. The number of aromatic hydroxyl groups is 1. The Kier molecular flexibility index (Phi) is 68.5. The number of benzene rings is 6. The van der Waals surface area contributed by atoms with Gasteiger partial charge < -0.3 is 60.6 Å². The number of Topliss-reactive ketones (excluding diaryl/α,β-unsaturated/α-hetero) is 2. The molecule has 0 saturated carbocycles. The predicted octanol–water partition coefficient (Wildman–Crippen LogP) is 18.9. The van der Waals surface area contributed by atoms with Crippen molar-refractivity contribution in [3.05, 3.63) is 231 Å². The van der Waals surface area contributed by atoms with E-state index >= 15 is 0 Å². The molecular weight excluding hydrogens is 2160 g/mol. The van der Waals surface area contributed by atoms with E-state index in [-0.39, 0.29) is 162 Å². The van der Waals surface area contributed by atoms with Crippen molar-refractivity contribution in [2.75, 3.05) is 25.6 Å². The van der Waals surface area contributed by atoms with Crippen LogP contribution in [0.25, 0.3) is 11.3 Å². The molecular formula is C85H104BBrCl3F18N14NaO16PS3. The molecule has 0 spiro atoms. The quantitative estimate of drug-likeness (QED) is 0.00365. The number of carbonyl (C=O) groups is 2. The Bertz CT molecular complexity index is 5830. The second kappa shape index (κ2) is 68.9. The van der Waals surface area contributed by atoms with E-state index < -0.39 is 146 Å². The van der Waals surface area contributed by atoms with Crippen LogP contribution in [0.2, 0.25) is 5.15 Å². The minimum absolute atomic E-state index is 0.